The van der Waals surface area contributed by atoms with Gasteiger partial charge in [0.15, 0.2) is 5.82 Å². The zero-order chi connectivity index (χ0) is 14.4. The number of nitrogen functional groups attached to an aromatic ring is 1. The SMILES string of the molecule is CCCc1ccc(NC(=O)c2cncc(NN)n2)cc1. The molecular formula is C14H17N5O. The number of hydrazine groups is 1. The molecule has 0 unspecified atom stereocenters. The van der Waals surface area contributed by atoms with Crippen molar-refractivity contribution in [3.8, 4) is 0 Å². The summed E-state index contributed by atoms with van der Waals surface area (Å²) in [4.78, 5) is 19.9. The lowest BCUT2D eigenvalue weighted by atomic mass is 10.1. The monoisotopic (exact) mass is 271 g/mol. The predicted molar refractivity (Wildman–Crippen MR) is 78.2 cm³/mol. The van der Waals surface area contributed by atoms with Gasteiger partial charge in [-0.3, -0.25) is 9.78 Å². The Hall–Kier alpha value is -2.47. The number of anilines is 2. The number of hydrogen-bond donors (Lipinski definition) is 3. The minimum atomic E-state index is -0.321. The van der Waals surface area contributed by atoms with Crippen molar-refractivity contribution < 1.29 is 4.79 Å². The first-order valence-corrected chi connectivity index (χ1v) is 6.42. The van der Waals surface area contributed by atoms with Gasteiger partial charge in [-0.05, 0) is 24.1 Å². The van der Waals surface area contributed by atoms with Crippen LogP contribution in [0.1, 0.15) is 29.4 Å². The van der Waals surface area contributed by atoms with E-state index in [0.717, 1.165) is 18.5 Å². The number of benzene rings is 1. The molecule has 6 nitrogen and oxygen atoms in total. The zero-order valence-electron chi connectivity index (χ0n) is 11.3. The van der Waals surface area contributed by atoms with Gasteiger partial charge in [-0.25, -0.2) is 10.8 Å². The average molecular weight is 271 g/mol. The molecule has 1 amide bonds. The van der Waals surface area contributed by atoms with Crippen LogP contribution in [-0.2, 0) is 6.42 Å². The second kappa shape index (κ2) is 6.63. The molecule has 0 saturated carbocycles. The third kappa shape index (κ3) is 3.52. The van der Waals surface area contributed by atoms with E-state index in [9.17, 15) is 4.79 Å². The predicted octanol–water partition coefficient (Wildman–Crippen LogP) is 1.97. The van der Waals surface area contributed by atoms with Crippen LogP contribution in [0.4, 0.5) is 11.5 Å². The van der Waals surface area contributed by atoms with Crippen LogP contribution in [0.5, 0.6) is 0 Å². The van der Waals surface area contributed by atoms with Crippen LogP contribution in [0.25, 0.3) is 0 Å². The number of carbonyl (C=O) groups is 1. The first-order chi connectivity index (χ1) is 9.72. The van der Waals surface area contributed by atoms with Gasteiger partial charge in [-0.1, -0.05) is 25.5 Å². The van der Waals surface area contributed by atoms with Gasteiger partial charge < -0.3 is 10.7 Å². The summed E-state index contributed by atoms with van der Waals surface area (Å²) in [5.41, 5.74) is 4.53. The smallest absolute Gasteiger partial charge is 0.275 e. The molecule has 0 saturated heterocycles. The number of aryl methyl sites for hydroxylation is 1. The summed E-state index contributed by atoms with van der Waals surface area (Å²) in [7, 11) is 0. The first-order valence-electron chi connectivity index (χ1n) is 6.42. The van der Waals surface area contributed by atoms with Crippen molar-refractivity contribution in [2.75, 3.05) is 10.7 Å². The number of nitrogens with one attached hydrogen (secondary N) is 2. The van der Waals surface area contributed by atoms with Crippen molar-refractivity contribution in [3.05, 3.63) is 47.9 Å². The number of rotatable bonds is 5. The fourth-order valence-electron chi connectivity index (χ4n) is 1.78. The van der Waals surface area contributed by atoms with Gasteiger partial charge in [0.05, 0.1) is 12.4 Å². The van der Waals surface area contributed by atoms with E-state index in [1.54, 1.807) is 0 Å². The van der Waals surface area contributed by atoms with E-state index in [4.69, 9.17) is 5.84 Å². The van der Waals surface area contributed by atoms with Crippen molar-refractivity contribution in [2.45, 2.75) is 19.8 Å². The Kier molecular flexibility index (Phi) is 4.62. The molecule has 0 fully saturated rings. The molecule has 1 aromatic carbocycles. The normalized spacial score (nSPS) is 10.1. The summed E-state index contributed by atoms with van der Waals surface area (Å²) in [6.07, 6.45) is 4.96. The molecule has 0 bridgehead atoms. The minimum Gasteiger partial charge on any atom is -0.321 e. The van der Waals surface area contributed by atoms with Crippen molar-refractivity contribution >= 4 is 17.4 Å². The maximum atomic E-state index is 12.0. The fraction of sp³-hybridized carbons (Fsp3) is 0.214. The molecule has 0 aliphatic heterocycles. The number of carbonyl (C=O) groups excluding carboxylic acids is 1. The van der Waals surface area contributed by atoms with Crippen LogP contribution in [0.3, 0.4) is 0 Å². The van der Waals surface area contributed by atoms with Gasteiger partial charge in [0.1, 0.15) is 5.69 Å². The molecule has 0 atom stereocenters. The topological polar surface area (TPSA) is 92.9 Å². The zero-order valence-corrected chi connectivity index (χ0v) is 11.3. The second-order valence-corrected chi connectivity index (χ2v) is 4.33. The summed E-state index contributed by atoms with van der Waals surface area (Å²) < 4.78 is 0. The third-order valence-electron chi connectivity index (χ3n) is 2.77. The van der Waals surface area contributed by atoms with Crippen LogP contribution >= 0.6 is 0 Å². The van der Waals surface area contributed by atoms with E-state index < -0.39 is 0 Å². The summed E-state index contributed by atoms with van der Waals surface area (Å²) in [5, 5.41) is 2.77. The Morgan fingerprint density at radius 3 is 2.65 bits per heavy atom. The highest BCUT2D eigenvalue weighted by atomic mass is 16.1. The average Bonchev–Trinajstić information content (AvgIpc) is 2.49. The van der Waals surface area contributed by atoms with Gasteiger partial charge in [0.2, 0.25) is 0 Å². The van der Waals surface area contributed by atoms with Crippen LogP contribution in [0, 0.1) is 0 Å². The lowest BCUT2D eigenvalue weighted by Gasteiger charge is -2.06. The summed E-state index contributed by atoms with van der Waals surface area (Å²) in [5.74, 6) is 5.25. The molecule has 0 aliphatic carbocycles. The van der Waals surface area contributed by atoms with Gasteiger partial charge >= 0.3 is 0 Å². The highest BCUT2D eigenvalue weighted by Crippen LogP contribution is 2.12. The van der Waals surface area contributed by atoms with E-state index in [1.165, 1.54) is 18.0 Å². The largest absolute Gasteiger partial charge is 0.321 e. The highest BCUT2D eigenvalue weighted by molar-refractivity contribution is 6.02. The van der Waals surface area contributed by atoms with Crippen LogP contribution in [0.2, 0.25) is 0 Å². The van der Waals surface area contributed by atoms with Crippen molar-refractivity contribution in [1.29, 1.82) is 0 Å². The lowest BCUT2D eigenvalue weighted by molar-refractivity contribution is 0.102. The first kappa shape index (κ1) is 14.0. The van der Waals surface area contributed by atoms with E-state index in [-0.39, 0.29) is 11.6 Å². The molecule has 2 aromatic rings. The number of amides is 1. The summed E-state index contributed by atoms with van der Waals surface area (Å²) in [6.45, 7) is 2.13. The van der Waals surface area contributed by atoms with E-state index in [0.29, 0.717) is 5.82 Å². The van der Waals surface area contributed by atoms with Crippen molar-refractivity contribution in [1.82, 2.24) is 9.97 Å². The van der Waals surface area contributed by atoms with Gasteiger partial charge in [0.25, 0.3) is 5.91 Å². The molecule has 1 heterocycles. The Labute approximate surface area is 117 Å². The molecule has 0 spiro atoms. The number of aromatic nitrogens is 2. The third-order valence-corrected chi connectivity index (χ3v) is 2.77. The maximum absolute atomic E-state index is 12.0. The highest BCUT2D eigenvalue weighted by Gasteiger charge is 2.09. The molecule has 0 aliphatic rings. The number of hydrogen-bond acceptors (Lipinski definition) is 5. The summed E-state index contributed by atoms with van der Waals surface area (Å²) >= 11 is 0. The maximum Gasteiger partial charge on any atom is 0.275 e. The van der Waals surface area contributed by atoms with Crippen molar-refractivity contribution in [3.63, 3.8) is 0 Å². The second-order valence-electron chi connectivity index (χ2n) is 4.33. The molecule has 1 aromatic heterocycles. The van der Waals surface area contributed by atoms with Crippen LogP contribution in [0.15, 0.2) is 36.7 Å². The standard InChI is InChI=1S/C14H17N5O/c1-2-3-10-4-6-11(7-5-10)17-14(20)12-8-16-9-13(18-12)19-15/h4-9H,2-3,15H2,1H3,(H,17,20)(H,18,19). The molecule has 2 rings (SSSR count). The number of nitrogens with two attached hydrogens (primary N) is 1. The molecular weight excluding hydrogens is 254 g/mol. The molecule has 0 radical (unpaired) electrons. The van der Waals surface area contributed by atoms with Gasteiger partial charge in [-0.2, -0.15) is 0 Å². The minimum absolute atomic E-state index is 0.207. The van der Waals surface area contributed by atoms with Crippen LogP contribution < -0.4 is 16.6 Å². The lowest BCUT2D eigenvalue weighted by Crippen LogP contribution is -2.16. The Bertz CT molecular complexity index is 582. The van der Waals surface area contributed by atoms with Gasteiger partial charge in [0, 0.05) is 5.69 Å². The van der Waals surface area contributed by atoms with Crippen molar-refractivity contribution in [2.24, 2.45) is 5.84 Å². The summed E-state index contributed by atoms with van der Waals surface area (Å²) in [6, 6.07) is 7.76. The quantitative estimate of drug-likeness (QED) is 0.571. The Morgan fingerprint density at radius 1 is 1.25 bits per heavy atom. The van der Waals surface area contributed by atoms with E-state index >= 15 is 0 Å². The molecule has 4 N–H and O–H groups in total. The van der Waals surface area contributed by atoms with Crippen LogP contribution in [-0.4, -0.2) is 15.9 Å². The number of nitrogens with zero attached hydrogens (tertiary/aromatic N) is 2. The molecule has 20 heavy (non-hydrogen) atoms. The fourth-order valence-corrected chi connectivity index (χ4v) is 1.78. The molecule has 104 valence electrons. The van der Waals surface area contributed by atoms with Gasteiger partial charge in [-0.15, -0.1) is 0 Å². The van der Waals surface area contributed by atoms with E-state index in [2.05, 4.69) is 27.6 Å². The van der Waals surface area contributed by atoms with E-state index in [1.807, 2.05) is 24.3 Å². The Morgan fingerprint density at radius 2 is 2.00 bits per heavy atom. The molecule has 6 heteroatoms. The Balaban J connectivity index is 2.06.